The Bertz CT molecular complexity index is 565. The molecule has 0 aromatic carbocycles. The van der Waals surface area contributed by atoms with E-state index in [-0.39, 0.29) is 5.25 Å². The summed E-state index contributed by atoms with van der Waals surface area (Å²) in [5.74, 6) is 0. The van der Waals surface area contributed by atoms with Gasteiger partial charge in [0.15, 0.2) is 0 Å². The maximum Gasteiger partial charge on any atom is 0.217 e. The highest BCUT2D eigenvalue weighted by Crippen LogP contribution is 2.21. The lowest BCUT2D eigenvalue weighted by Gasteiger charge is -2.33. The standard InChI is InChI=1S/C14H26N4O2S/c1-12(2)18-11-15-8-13(18)9-17-7-5-6-14(10-17)21(19,20)16(3)4/h8,11-12,14H,5-7,9-10H2,1-4H3/t14-/m1/s1. The van der Waals surface area contributed by atoms with Crippen LogP contribution in [-0.2, 0) is 16.6 Å². The van der Waals surface area contributed by atoms with Gasteiger partial charge in [-0.1, -0.05) is 0 Å². The number of piperidine rings is 1. The molecule has 0 radical (unpaired) electrons. The van der Waals surface area contributed by atoms with E-state index in [9.17, 15) is 8.42 Å². The molecule has 1 saturated heterocycles. The van der Waals surface area contributed by atoms with Crippen molar-refractivity contribution in [1.82, 2.24) is 18.8 Å². The van der Waals surface area contributed by atoms with E-state index in [0.717, 1.165) is 31.6 Å². The van der Waals surface area contributed by atoms with Gasteiger partial charge in [0, 0.05) is 39.4 Å². The Morgan fingerprint density at radius 3 is 2.76 bits per heavy atom. The van der Waals surface area contributed by atoms with Crippen LogP contribution in [0.1, 0.15) is 38.4 Å². The van der Waals surface area contributed by atoms with Crippen LogP contribution in [0.15, 0.2) is 12.5 Å². The predicted molar refractivity (Wildman–Crippen MR) is 83.5 cm³/mol. The molecule has 0 unspecified atom stereocenters. The van der Waals surface area contributed by atoms with Gasteiger partial charge < -0.3 is 4.57 Å². The number of hydrogen-bond acceptors (Lipinski definition) is 4. The van der Waals surface area contributed by atoms with Gasteiger partial charge in [0.1, 0.15) is 0 Å². The summed E-state index contributed by atoms with van der Waals surface area (Å²) in [5, 5.41) is -0.295. The summed E-state index contributed by atoms with van der Waals surface area (Å²) in [5.41, 5.74) is 1.15. The first-order valence-electron chi connectivity index (χ1n) is 7.46. The molecule has 0 aliphatic carbocycles. The van der Waals surface area contributed by atoms with Crippen molar-refractivity contribution in [3.8, 4) is 0 Å². The second-order valence-corrected chi connectivity index (χ2v) is 8.64. The van der Waals surface area contributed by atoms with Gasteiger partial charge in [-0.2, -0.15) is 0 Å². The Labute approximate surface area is 127 Å². The van der Waals surface area contributed by atoms with Crippen molar-refractivity contribution in [2.24, 2.45) is 0 Å². The van der Waals surface area contributed by atoms with E-state index in [1.807, 2.05) is 12.5 Å². The van der Waals surface area contributed by atoms with Crippen LogP contribution in [0.5, 0.6) is 0 Å². The normalized spacial score (nSPS) is 21.3. The van der Waals surface area contributed by atoms with E-state index in [1.54, 1.807) is 14.1 Å². The van der Waals surface area contributed by atoms with Crippen molar-refractivity contribution >= 4 is 10.0 Å². The third-order valence-electron chi connectivity index (χ3n) is 4.08. The molecule has 21 heavy (non-hydrogen) atoms. The molecular weight excluding hydrogens is 288 g/mol. The molecule has 0 saturated carbocycles. The summed E-state index contributed by atoms with van der Waals surface area (Å²) >= 11 is 0. The van der Waals surface area contributed by atoms with Gasteiger partial charge in [0.2, 0.25) is 10.0 Å². The summed E-state index contributed by atoms with van der Waals surface area (Å²) < 4.78 is 28.1. The molecule has 1 aromatic heterocycles. The van der Waals surface area contributed by atoms with Crippen LogP contribution in [0.3, 0.4) is 0 Å². The average molecular weight is 314 g/mol. The number of imidazole rings is 1. The molecule has 2 heterocycles. The summed E-state index contributed by atoms with van der Waals surface area (Å²) in [7, 11) is 0.0574. The molecule has 2 rings (SSSR count). The maximum absolute atomic E-state index is 12.3. The fourth-order valence-electron chi connectivity index (χ4n) is 2.85. The van der Waals surface area contributed by atoms with Crippen molar-refractivity contribution in [1.29, 1.82) is 0 Å². The summed E-state index contributed by atoms with van der Waals surface area (Å²) in [6, 6.07) is 0.369. The highest BCUT2D eigenvalue weighted by atomic mass is 32.2. The van der Waals surface area contributed by atoms with E-state index >= 15 is 0 Å². The number of sulfonamides is 1. The zero-order valence-corrected chi connectivity index (χ0v) is 14.2. The minimum Gasteiger partial charge on any atom is -0.331 e. The number of rotatable bonds is 5. The molecule has 1 atom stereocenters. The van der Waals surface area contributed by atoms with Gasteiger partial charge in [0.25, 0.3) is 0 Å². The molecule has 0 bridgehead atoms. The number of likely N-dealkylation sites (tertiary alicyclic amines) is 1. The Morgan fingerprint density at radius 2 is 2.14 bits per heavy atom. The van der Waals surface area contributed by atoms with E-state index in [4.69, 9.17) is 0 Å². The van der Waals surface area contributed by atoms with Crippen molar-refractivity contribution in [2.45, 2.75) is 44.5 Å². The van der Waals surface area contributed by atoms with E-state index in [1.165, 1.54) is 4.31 Å². The number of aromatic nitrogens is 2. The second-order valence-electron chi connectivity index (χ2n) is 6.21. The third-order valence-corrected chi connectivity index (χ3v) is 6.33. The molecular formula is C14H26N4O2S. The van der Waals surface area contributed by atoms with Crippen LogP contribution in [0.4, 0.5) is 0 Å². The van der Waals surface area contributed by atoms with Crippen molar-refractivity contribution < 1.29 is 8.42 Å². The first-order valence-corrected chi connectivity index (χ1v) is 8.97. The van der Waals surface area contributed by atoms with Crippen LogP contribution in [-0.4, -0.2) is 59.6 Å². The zero-order chi connectivity index (χ0) is 15.6. The van der Waals surface area contributed by atoms with Crippen molar-refractivity contribution in [3.05, 3.63) is 18.2 Å². The van der Waals surface area contributed by atoms with Crippen LogP contribution in [0.25, 0.3) is 0 Å². The van der Waals surface area contributed by atoms with Gasteiger partial charge in [-0.15, -0.1) is 0 Å². The average Bonchev–Trinajstić information content (AvgIpc) is 2.87. The van der Waals surface area contributed by atoms with Gasteiger partial charge in [0.05, 0.1) is 17.3 Å². The SMILES string of the molecule is CC(C)n1cncc1CN1CCC[C@@H](S(=O)(=O)N(C)C)C1. The van der Waals surface area contributed by atoms with Gasteiger partial charge in [-0.05, 0) is 33.2 Å². The third kappa shape index (κ3) is 3.64. The topological polar surface area (TPSA) is 58.4 Å². The molecule has 1 fully saturated rings. The predicted octanol–water partition coefficient (Wildman–Crippen LogP) is 1.32. The first-order chi connectivity index (χ1) is 9.82. The van der Waals surface area contributed by atoms with E-state index in [0.29, 0.717) is 12.6 Å². The fourth-order valence-corrected chi connectivity index (χ4v) is 4.31. The van der Waals surface area contributed by atoms with E-state index in [2.05, 4.69) is 28.3 Å². The Balaban J connectivity index is 2.07. The minimum absolute atomic E-state index is 0.295. The smallest absolute Gasteiger partial charge is 0.217 e. The van der Waals surface area contributed by atoms with Crippen molar-refractivity contribution in [2.75, 3.05) is 27.2 Å². The van der Waals surface area contributed by atoms with Crippen LogP contribution in [0, 0.1) is 0 Å². The molecule has 0 amide bonds. The highest BCUT2D eigenvalue weighted by Gasteiger charge is 2.32. The minimum atomic E-state index is -3.17. The Morgan fingerprint density at radius 1 is 1.43 bits per heavy atom. The molecule has 1 aliphatic rings. The van der Waals surface area contributed by atoms with Crippen molar-refractivity contribution in [3.63, 3.8) is 0 Å². The van der Waals surface area contributed by atoms with Crippen LogP contribution in [0.2, 0.25) is 0 Å². The molecule has 0 spiro atoms. The largest absolute Gasteiger partial charge is 0.331 e. The Hall–Kier alpha value is -0.920. The van der Waals surface area contributed by atoms with Gasteiger partial charge in [-0.25, -0.2) is 17.7 Å². The van der Waals surface area contributed by atoms with Crippen LogP contribution < -0.4 is 0 Å². The summed E-state index contributed by atoms with van der Waals surface area (Å²) in [6.45, 7) is 6.56. The molecule has 1 aromatic rings. The highest BCUT2D eigenvalue weighted by molar-refractivity contribution is 7.89. The lowest BCUT2D eigenvalue weighted by atomic mass is 10.1. The Kier molecular flexibility index (Phi) is 5.06. The fraction of sp³-hybridized carbons (Fsp3) is 0.786. The zero-order valence-electron chi connectivity index (χ0n) is 13.4. The van der Waals surface area contributed by atoms with Gasteiger partial charge >= 0.3 is 0 Å². The molecule has 120 valence electrons. The molecule has 1 aliphatic heterocycles. The quantitative estimate of drug-likeness (QED) is 0.822. The molecule has 0 N–H and O–H groups in total. The first kappa shape index (κ1) is 16.5. The van der Waals surface area contributed by atoms with E-state index < -0.39 is 10.0 Å². The number of nitrogens with zero attached hydrogens (tertiary/aromatic N) is 4. The lowest BCUT2D eigenvalue weighted by Crippen LogP contribution is -2.45. The lowest BCUT2D eigenvalue weighted by molar-refractivity contribution is 0.214. The van der Waals surface area contributed by atoms with Gasteiger partial charge in [-0.3, -0.25) is 4.90 Å². The van der Waals surface area contributed by atoms with Crippen LogP contribution >= 0.6 is 0 Å². The molecule has 6 nitrogen and oxygen atoms in total. The monoisotopic (exact) mass is 314 g/mol. The second kappa shape index (κ2) is 6.46. The summed E-state index contributed by atoms with van der Waals surface area (Å²) in [4.78, 5) is 6.44. The summed E-state index contributed by atoms with van der Waals surface area (Å²) in [6.07, 6.45) is 5.40. The molecule has 7 heteroatoms. The maximum atomic E-state index is 12.3. The number of hydrogen-bond donors (Lipinski definition) is 0.